The SMILES string of the molecule is CCc1ccc(C(O)CC2CCCN(S(C)(=O)=O)C2)s1. The second kappa shape index (κ2) is 6.56. The predicted octanol–water partition coefficient (Wildman–Crippen LogP) is 2.41. The molecule has 0 spiro atoms. The average Bonchev–Trinajstić information content (AvgIpc) is 2.87. The molecule has 1 aromatic heterocycles. The zero-order chi connectivity index (χ0) is 14.8. The number of rotatable bonds is 5. The molecule has 1 N–H and O–H groups in total. The molecule has 1 aromatic rings. The average molecular weight is 317 g/mol. The lowest BCUT2D eigenvalue weighted by Gasteiger charge is -2.31. The van der Waals surface area contributed by atoms with Gasteiger partial charge in [0.1, 0.15) is 0 Å². The Hall–Kier alpha value is -0.430. The third-order valence-electron chi connectivity index (χ3n) is 3.87. The van der Waals surface area contributed by atoms with E-state index in [4.69, 9.17) is 0 Å². The molecule has 0 radical (unpaired) electrons. The highest BCUT2D eigenvalue weighted by atomic mass is 32.2. The zero-order valence-corrected chi connectivity index (χ0v) is 13.7. The molecule has 20 heavy (non-hydrogen) atoms. The van der Waals surface area contributed by atoms with Crippen molar-refractivity contribution in [1.82, 2.24) is 4.31 Å². The van der Waals surface area contributed by atoms with Gasteiger partial charge in [0.05, 0.1) is 12.4 Å². The van der Waals surface area contributed by atoms with Crippen LogP contribution in [-0.2, 0) is 16.4 Å². The van der Waals surface area contributed by atoms with Gasteiger partial charge in [0.2, 0.25) is 10.0 Å². The molecule has 1 aliphatic heterocycles. The van der Waals surface area contributed by atoms with Crippen LogP contribution in [0.5, 0.6) is 0 Å². The number of aryl methyl sites for hydroxylation is 1. The molecule has 2 atom stereocenters. The van der Waals surface area contributed by atoms with Gasteiger partial charge in [0.15, 0.2) is 0 Å². The minimum absolute atomic E-state index is 0.251. The molecule has 0 aromatic carbocycles. The Morgan fingerprint density at radius 1 is 1.50 bits per heavy atom. The summed E-state index contributed by atoms with van der Waals surface area (Å²) in [6.07, 6.45) is 4.31. The first kappa shape index (κ1) is 15.9. The topological polar surface area (TPSA) is 57.6 Å². The maximum absolute atomic E-state index is 11.6. The molecule has 0 bridgehead atoms. The van der Waals surface area contributed by atoms with Crippen molar-refractivity contribution in [2.24, 2.45) is 5.92 Å². The Morgan fingerprint density at radius 2 is 2.25 bits per heavy atom. The van der Waals surface area contributed by atoms with Crippen LogP contribution >= 0.6 is 11.3 Å². The fourth-order valence-electron chi connectivity index (χ4n) is 2.72. The van der Waals surface area contributed by atoms with E-state index in [9.17, 15) is 13.5 Å². The fourth-order valence-corrected chi connectivity index (χ4v) is 4.61. The first-order chi connectivity index (χ1) is 9.40. The van der Waals surface area contributed by atoms with Crippen LogP contribution in [0, 0.1) is 5.92 Å². The van der Waals surface area contributed by atoms with E-state index in [0.717, 1.165) is 24.1 Å². The van der Waals surface area contributed by atoms with Gasteiger partial charge >= 0.3 is 0 Å². The third kappa shape index (κ3) is 4.04. The van der Waals surface area contributed by atoms with Crippen molar-refractivity contribution in [3.63, 3.8) is 0 Å². The standard InChI is InChI=1S/C14H23NO3S2/c1-3-12-6-7-14(19-12)13(16)9-11-5-4-8-15(10-11)20(2,17)18/h6-7,11,13,16H,3-5,8-10H2,1-2H3. The molecule has 114 valence electrons. The van der Waals surface area contributed by atoms with Gasteiger partial charge < -0.3 is 5.11 Å². The lowest BCUT2D eigenvalue weighted by atomic mass is 9.93. The lowest BCUT2D eigenvalue weighted by Crippen LogP contribution is -2.39. The van der Waals surface area contributed by atoms with Crippen LogP contribution in [0.3, 0.4) is 0 Å². The molecule has 0 saturated carbocycles. The van der Waals surface area contributed by atoms with E-state index < -0.39 is 16.1 Å². The number of aliphatic hydroxyl groups is 1. The van der Waals surface area contributed by atoms with Crippen molar-refractivity contribution in [3.05, 3.63) is 21.9 Å². The number of nitrogens with zero attached hydrogens (tertiary/aromatic N) is 1. The molecule has 1 saturated heterocycles. The van der Waals surface area contributed by atoms with E-state index in [1.54, 1.807) is 15.6 Å². The van der Waals surface area contributed by atoms with E-state index in [1.807, 2.05) is 6.07 Å². The summed E-state index contributed by atoms with van der Waals surface area (Å²) in [7, 11) is -3.10. The number of sulfonamides is 1. The summed E-state index contributed by atoms with van der Waals surface area (Å²) in [5, 5.41) is 10.3. The van der Waals surface area contributed by atoms with E-state index in [-0.39, 0.29) is 5.92 Å². The van der Waals surface area contributed by atoms with Crippen LogP contribution < -0.4 is 0 Å². The van der Waals surface area contributed by atoms with E-state index in [1.165, 1.54) is 11.1 Å². The summed E-state index contributed by atoms with van der Waals surface area (Å²) in [6, 6.07) is 4.05. The van der Waals surface area contributed by atoms with Gasteiger partial charge in [-0.2, -0.15) is 0 Å². The van der Waals surface area contributed by atoms with Gasteiger partial charge in [-0.05, 0) is 43.7 Å². The Bertz CT molecular complexity index is 538. The quantitative estimate of drug-likeness (QED) is 0.907. The fraction of sp³-hybridized carbons (Fsp3) is 0.714. The van der Waals surface area contributed by atoms with Crippen LogP contribution in [0.2, 0.25) is 0 Å². The van der Waals surface area contributed by atoms with Gasteiger partial charge in [-0.25, -0.2) is 12.7 Å². The smallest absolute Gasteiger partial charge is 0.211 e. The van der Waals surface area contributed by atoms with Gasteiger partial charge in [0, 0.05) is 22.8 Å². The van der Waals surface area contributed by atoms with Crippen LogP contribution in [0.25, 0.3) is 0 Å². The first-order valence-corrected chi connectivity index (χ1v) is 9.78. The Labute approximate surface area is 125 Å². The van der Waals surface area contributed by atoms with E-state index in [0.29, 0.717) is 19.5 Å². The normalized spacial score (nSPS) is 22.9. The number of hydrogen-bond donors (Lipinski definition) is 1. The van der Waals surface area contributed by atoms with Gasteiger partial charge in [0.25, 0.3) is 0 Å². The molecular weight excluding hydrogens is 294 g/mol. The number of hydrogen-bond acceptors (Lipinski definition) is 4. The van der Waals surface area contributed by atoms with Crippen LogP contribution in [0.15, 0.2) is 12.1 Å². The van der Waals surface area contributed by atoms with Crippen molar-refractivity contribution in [2.45, 2.75) is 38.7 Å². The monoisotopic (exact) mass is 317 g/mol. The zero-order valence-electron chi connectivity index (χ0n) is 12.1. The molecule has 6 heteroatoms. The van der Waals surface area contributed by atoms with Crippen molar-refractivity contribution in [3.8, 4) is 0 Å². The van der Waals surface area contributed by atoms with Crippen LogP contribution in [-0.4, -0.2) is 37.2 Å². The molecule has 4 nitrogen and oxygen atoms in total. The predicted molar refractivity (Wildman–Crippen MR) is 82.4 cm³/mol. The van der Waals surface area contributed by atoms with Crippen molar-refractivity contribution in [2.75, 3.05) is 19.3 Å². The van der Waals surface area contributed by atoms with E-state index in [2.05, 4.69) is 13.0 Å². The highest BCUT2D eigenvalue weighted by molar-refractivity contribution is 7.88. The number of piperidine rings is 1. The first-order valence-electron chi connectivity index (χ1n) is 7.12. The molecule has 2 rings (SSSR count). The summed E-state index contributed by atoms with van der Waals surface area (Å²) in [6.45, 7) is 3.26. The van der Waals surface area contributed by atoms with Crippen molar-refractivity contribution >= 4 is 21.4 Å². The summed E-state index contributed by atoms with van der Waals surface area (Å²) >= 11 is 1.65. The Morgan fingerprint density at radius 3 is 2.85 bits per heavy atom. The van der Waals surface area contributed by atoms with Gasteiger partial charge in [-0.1, -0.05) is 6.92 Å². The largest absolute Gasteiger partial charge is 0.388 e. The number of thiophene rings is 1. The highest BCUT2D eigenvalue weighted by Crippen LogP contribution is 2.31. The van der Waals surface area contributed by atoms with Crippen LogP contribution in [0.1, 0.15) is 42.0 Å². The Kier molecular flexibility index (Phi) is 5.23. The summed E-state index contributed by atoms with van der Waals surface area (Å²) < 4.78 is 24.7. The summed E-state index contributed by atoms with van der Waals surface area (Å²) in [5.74, 6) is 0.251. The molecule has 2 heterocycles. The van der Waals surface area contributed by atoms with Crippen molar-refractivity contribution < 1.29 is 13.5 Å². The maximum Gasteiger partial charge on any atom is 0.211 e. The second-order valence-electron chi connectivity index (χ2n) is 5.54. The van der Waals surface area contributed by atoms with E-state index >= 15 is 0 Å². The Balaban J connectivity index is 1.95. The summed E-state index contributed by atoms with van der Waals surface area (Å²) in [4.78, 5) is 2.28. The molecule has 1 fully saturated rings. The van der Waals surface area contributed by atoms with Crippen LogP contribution in [0.4, 0.5) is 0 Å². The minimum Gasteiger partial charge on any atom is -0.388 e. The minimum atomic E-state index is -3.10. The molecular formula is C14H23NO3S2. The molecule has 0 amide bonds. The summed E-state index contributed by atoms with van der Waals surface area (Å²) in [5.41, 5.74) is 0. The maximum atomic E-state index is 11.6. The van der Waals surface area contributed by atoms with Gasteiger partial charge in [-0.3, -0.25) is 0 Å². The lowest BCUT2D eigenvalue weighted by molar-refractivity contribution is 0.125. The van der Waals surface area contributed by atoms with Gasteiger partial charge in [-0.15, -0.1) is 11.3 Å². The number of aliphatic hydroxyl groups excluding tert-OH is 1. The molecule has 2 unspecified atom stereocenters. The molecule has 0 aliphatic carbocycles. The second-order valence-corrected chi connectivity index (χ2v) is 8.72. The van der Waals surface area contributed by atoms with Crippen molar-refractivity contribution in [1.29, 1.82) is 0 Å². The molecule has 1 aliphatic rings. The third-order valence-corrected chi connectivity index (χ3v) is 6.47. The highest BCUT2D eigenvalue weighted by Gasteiger charge is 2.27.